The Morgan fingerprint density at radius 3 is 2.07 bits per heavy atom. The van der Waals surface area contributed by atoms with Gasteiger partial charge in [0.15, 0.2) is 0 Å². The van der Waals surface area contributed by atoms with Gasteiger partial charge >= 0.3 is 5.97 Å². The number of rotatable bonds is 2. The first-order valence-corrected chi connectivity index (χ1v) is 5.32. The third-order valence-corrected chi connectivity index (χ3v) is 2.64. The first kappa shape index (κ1) is 12.6. The molecule has 0 spiro atoms. The van der Waals surface area contributed by atoms with Crippen molar-refractivity contribution in [2.24, 2.45) is 0 Å². The summed E-state index contributed by atoms with van der Waals surface area (Å²) in [5, 5.41) is 8.98. The summed E-state index contributed by atoms with van der Waals surface area (Å²) in [6, 6.07) is 6.86. The first-order valence-electron chi connectivity index (χ1n) is 4.18. The molecule has 0 aliphatic heterocycles. The number of carboxylic acids is 1. The number of carboxylic acid groups (broad SMARTS) is 1. The quantitative estimate of drug-likeness (QED) is 0.832. The van der Waals surface area contributed by atoms with Gasteiger partial charge in [0.2, 0.25) is 3.79 Å². The highest BCUT2D eigenvalue weighted by atomic mass is 35.6. The molecule has 2 nitrogen and oxygen atoms in total. The fraction of sp³-hybridized carbons (Fsp3) is 0.300. The van der Waals surface area contributed by atoms with E-state index in [4.69, 9.17) is 39.9 Å². The lowest BCUT2D eigenvalue weighted by Crippen LogP contribution is -2.25. The van der Waals surface area contributed by atoms with Crippen LogP contribution < -0.4 is 0 Å². The van der Waals surface area contributed by atoms with Gasteiger partial charge in [0.25, 0.3) is 0 Å². The van der Waals surface area contributed by atoms with E-state index in [1.165, 1.54) is 0 Å². The minimum absolute atomic E-state index is 0.480. The highest BCUT2D eigenvalue weighted by molar-refractivity contribution is 6.68. The number of carbonyl (C=O) groups is 1. The smallest absolute Gasteiger partial charge is 0.315 e. The minimum atomic E-state index is -1.85. The molecular formula is C10H9Cl3O2. The second kappa shape index (κ2) is 4.60. The molecule has 0 aliphatic rings. The molecule has 0 amide bonds. The summed E-state index contributed by atoms with van der Waals surface area (Å²) in [5.74, 6) is -2.30. The Morgan fingerprint density at radius 1 is 1.27 bits per heavy atom. The van der Waals surface area contributed by atoms with Crippen LogP contribution in [-0.4, -0.2) is 14.9 Å². The Kier molecular flexibility index (Phi) is 3.87. The number of halogens is 3. The van der Waals surface area contributed by atoms with E-state index in [0.29, 0.717) is 5.56 Å². The number of hydrogen-bond acceptors (Lipinski definition) is 1. The molecule has 1 aromatic carbocycles. The van der Waals surface area contributed by atoms with Crippen molar-refractivity contribution in [2.45, 2.75) is 16.6 Å². The summed E-state index contributed by atoms with van der Waals surface area (Å²) in [7, 11) is 0. The van der Waals surface area contributed by atoms with Crippen molar-refractivity contribution in [1.29, 1.82) is 0 Å². The lowest BCUT2D eigenvalue weighted by Gasteiger charge is -2.20. The van der Waals surface area contributed by atoms with Gasteiger partial charge in [-0.05, 0) is 12.5 Å². The lowest BCUT2D eigenvalue weighted by molar-refractivity contribution is -0.138. The Hall–Kier alpha value is -0.440. The Morgan fingerprint density at radius 2 is 1.73 bits per heavy atom. The van der Waals surface area contributed by atoms with E-state index in [1.54, 1.807) is 24.3 Å². The molecule has 0 fully saturated rings. The monoisotopic (exact) mass is 266 g/mol. The largest absolute Gasteiger partial charge is 0.481 e. The lowest BCUT2D eigenvalue weighted by atomic mass is 10.00. The molecular weight excluding hydrogens is 258 g/mol. The van der Waals surface area contributed by atoms with Crippen LogP contribution in [0.15, 0.2) is 24.3 Å². The van der Waals surface area contributed by atoms with Crippen LogP contribution in [0.4, 0.5) is 0 Å². The number of alkyl halides is 3. The molecule has 0 aliphatic carbocycles. The average molecular weight is 268 g/mol. The maximum Gasteiger partial charge on any atom is 0.315 e. The van der Waals surface area contributed by atoms with E-state index in [9.17, 15) is 4.79 Å². The molecule has 0 bridgehead atoms. The van der Waals surface area contributed by atoms with Crippen molar-refractivity contribution in [3.8, 4) is 0 Å². The van der Waals surface area contributed by atoms with Crippen LogP contribution in [-0.2, 0) is 4.79 Å². The molecule has 5 heteroatoms. The number of hydrogen-bond donors (Lipinski definition) is 1. The predicted molar refractivity (Wildman–Crippen MR) is 61.8 cm³/mol. The number of benzene rings is 1. The Labute approximate surface area is 103 Å². The topological polar surface area (TPSA) is 37.3 Å². The average Bonchev–Trinajstić information content (AvgIpc) is 2.05. The maximum absolute atomic E-state index is 11.0. The third kappa shape index (κ3) is 3.26. The van der Waals surface area contributed by atoms with Crippen LogP contribution in [0.1, 0.15) is 17.0 Å². The zero-order valence-electron chi connectivity index (χ0n) is 7.88. The zero-order valence-corrected chi connectivity index (χ0v) is 10.1. The van der Waals surface area contributed by atoms with Gasteiger partial charge in [-0.1, -0.05) is 64.6 Å². The van der Waals surface area contributed by atoms with Gasteiger partial charge in [-0.25, -0.2) is 0 Å². The number of aryl methyl sites for hydroxylation is 1. The standard InChI is InChI=1S/C10H9Cl3O2/c1-6-2-4-7(5-3-6)8(9(14)15)10(11,12)13/h2-5,8H,1H3,(H,14,15)/t8-/m0/s1. The maximum atomic E-state index is 11.0. The van der Waals surface area contributed by atoms with E-state index in [-0.39, 0.29) is 0 Å². The second-order valence-electron chi connectivity index (χ2n) is 3.22. The molecule has 0 aromatic heterocycles. The SMILES string of the molecule is Cc1ccc([C@@H](C(=O)O)C(Cl)(Cl)Cl)cc1. The van der Waals surface area contributed by atoms with Crippen LogP contribution in [0.25, 0.3) is 0 Å². The molecule has 1 rings (SSSR count). The predicted octanol–water partition coefficient (Wildman–Crippen LogP) is 3.53. The van der Waals surface area contributed by atoms with Gasteiger partial charge in [-0.3, -0.25) is 4.79 Å². The molecule has 0 unspecified atom stereocenters. The fourth-order valence-electron chi connectivity index (χ4n) is 1.23. The van der Waals surface area contributed by atoms with Crippen LogP contribution >= 0.6 is 34.8 Å². The van der Waals surface area contributed by atoms with Gasteiger partial charge < -0.3 is 5.11 Å². The third-order valence-electron chi connectivity index (χ3n) is 1.98. The molecule has 1 atom stereocenters. The molecule has 1 aromatic rings. The van der Waals surface area contributed by atoms with Crippen LogP contribution in [0.5, 0.6) is 0 Å². The highest BCUT2D eigenvalue weighted by Gasteiger charge is 2.39. The number of aliphatic carboxylic acids is 1. The molecule has 0 saturated heterocycles. The second-order valence-corrected chi connectivity index (χ2v) is 5.59. The van der Waals surface area contributed by atoms with E-state index in [2.05, 4.69) is 0 Å². The molecule has 82 valence electrons. The molecule has 0 radical (unpaired) electrons. The van der Waals surface area contributed by atoms with Gasteiger partial charge in [-0.15, -0.1) is 0 Å². The van der Waals surface area contributed by atoms with Gasteiger partial charge in [-0.2, -0.15) is 0 Å². The summed E-state index contributed by atoms with van der Waals surface area (Å²) < 4.78 is -1.85. The van der Waals surface area contributed by atoms with Gasteiger partial charge in [0.05, 0.1) is 0 Å². The van der Waals surface area contributed by atoms with Crippen LogP contribution in [0.3, 0.4) is 0 Å². The molecule has 0 heterocycles. The first-order chi connectivity index (χ1) is 6.82. The van der Waals surface area contributed by atoms with Crippen LogP contribution in [0, 0.1) is 6.92 Å². The van der Waals surface area contributed by atoms with Crippen molar-refractivity contribution >= 4 is 40.8 Å². The molecule has 1 N–H and O–H groups in total. The fourth-order valence-corrected chi connectivity index (χ4v) is 1.89. The van der Waals surface area contributed by atoms with E-state index < -0.39 is 15.7 Å². The highest BCUT2D eigenvalue weighted by Crippen LogP contribution is 2.41. The molecule has 0 saturated carbocycles. The van der Waals surface area contributed by atoms with Gasteiger partial charge in [0, 0.05) is 0 Å². The van der Waals surface area contributed by atoms with E-state index in [0.717, 1.165) is 5.56 Å². The summed E-state index contributed by atoms with van der Waals surface area (Å²) in [6.45, 7) is 1.90. The summed E-state index contributed by atoms with van der Waals surface area (Å²) in [5.41, 5.74) is 1.50. The van der Waals surface area contributed by atoms with E-state index >= 15 is 0 Å². The Bertz CT molecular complexity index is 354. The van der Waals surface area contributed by atoms with Crippen molar-refractivity contribution in [3.05, 3.63) is 35.4 Å². The summed E-state index contributed by atoms with van der Waals surface area (Å²) >= 11 is 16.9. The minimum Gasteiger partial charge on any atom is -0.481 e. The van der Waals surface area contributed by atoms with Crippen molar-refractivity contribution in [1.82, 2.24) is 0 Å². The van der Waals surface area contributed by atoms with Crippen molar-refractivity contribution in [2.75, 3.05) is 0 Å². The van der Waals surface area contributed by atoms with E-state index in [1.807, 2.05) is 6.92 Å². The molecule has 15 heavy (non-hydrogen) atoms. The van der Waals surface area contributed by atoms with Gasteiger partial charge in [0.1, 0.15) is 5.92 Å². The normalized spacial score (nSPS) is 13.6. The summed E-state index contributed by atoms with van der Waals surface area (Å²) in [6.07, 6.45) is 0. The van der Waals surface area contributed by atoms with Crippen LogP contribution in [0.2, 0.25) is 0 Å². The van der Waals surface area contributed by atoms with Crippen molar-refractivity contribution < 1.29 is 9.90 Å². The van der Waals surface area contributed by atoms with Crippen molar-refractivity contribution in [3.63, 3.8) is 0 Å². The Balaban J connectivity index is 3.11. The zero-order chi connectivity index (χ0) is 11.6. The summed E-state index contributed by atoms with van der Waals surface area (Å²) in [4.78, 5) is 11.0.